The molecule has 1 aromatic heterocycles. The first-order valence-corrected chi connectivity index (χ1v) is 6.85. The topological polar surface area (TPSA) is 25.8 Å². The molecule has 0 atom stereocenters. The van der Waals surface area contributed by atoms with Crippen molar-refractivity contribution in [3.05, 3.63) is 72.7 Å². The van der Waals surface area contributed by atoms with Crippen molar-refractivity contribution >= 4 is 0 Å². The molecular formula is C18H16N2. The Labute approximate surface area is 119 Å². The molecule has 0 saturated heterocycles. The van der Waals surface area contributed by atoms with Gasteiger partial charge >= 0.3 is 0 Å². The minimum absolute atomic E-state index is 0.842. The van der Waals surface area contributed by atoms with E-state index in [1.54, 1.807) is 0 Å². The highest BCUT2D eigenvalue weighted by Gasteiger charge is 2.10. The van der Waals surface area contributed by atoms with Gasteiger partial charge in [-0.1, -0.05) is 67.6 Å². The largest absolute Gasteiger partial charge is 0.241 e. The maximum absolute atomic E-state index is 4.73. The predicted octanol–water partition coefficient (Wildman–Crippen LogP) is 4.37. The molecule has 2 nitrogen and oxygen atoms in total. The van der Waals surface area contributed by atoms with Gasteiger partial charge in [0, 0.05) is 23.7 Å². The zero-order chi connectivity index (χ0) is 13.8. The van der Waals surface area contributed by atoms with E-state index in [0.717, 1.165) is 34.6 Å². The minimum Gasteiger partial charge on any atom is -0.241 e. The van der Waals surface area contributed by atoms with E-state index in [4.69, 9.17) is 4.98 Å². The molecule has 0 aliphatic rings. The molecule has 0 saturated carbocycles. The monoisotopic (exact) mass is 260 g/mol. The molecule has 0 aliphatic heterocycles. The molecule has 2 aromatic carbocycles. The Balaban J connectivity index is 2.20. The molecule has 0 radical (unpaired) electrons. The van der Waals surface area contributed by atoms with Gasteiger partial charge in [-0.15, -0.1) is 0 Å². The maximum atomic E-state index is 4.73. The second-order valence-corrected chi connectivity index (χ2v) is 4.63. The minimum atomic E-state index is 0.842. The summed E-state index contributed by atoms with van der Waals surface area (Å²) in [7, 11) is 0. The van der Waals surface area contributed by atoms with Crippen LogP contribution in [0.15, 0.2) is 66.9 Å². The SMILES string of the molecule is CCc1ncc(-c2ccccc2)c(-c2ccccc2)n1. The van der Waals surface area contributed by atoms with E-state index < -0.39 is 0 Å². The third-order valence-electron chi connectivity index (χ3n) is 3.29. The summed E-state index contributed by atoms with van der Waals surface area (Å²) < 4.78 is 0. The average molecular weight is 260 g/mol. The van der Waals surface area contributed by atoms with Crippen molar-refractivity contribution in [2.75, 3.05) is 0 Å². The van der Waals surface area contributed by atoms with Gasteiger partial charge in [-0.2, -0.15) is 0 Å². The van der Waals surface area contributed by atoms with Crippen LogP contribution < -0.4 is 0 Å². The van der Waals surface area contributed by atoms with Crippen molar-refractivity contribution in [2.24, 2.45) is 0 Å². The third-order valence-corrected chi connectivity index (χ3v) is 3.29. The molecule has 2 heteroatoms. The Bertz CT molecular complexity index is 691. The molecule has 0 bridgehead atoms. The Hall–Kier alpha value is -2.48. The summed E-state index contributed by atoms with van der Waals surface area (Å²) >= 11 is 0. The van der Waals surface area contributed by atoms with E-state index in [-0.39, 0.29) is 0 Å². The van der Waals surface area contributed by atoms with Crippen molar-refractivity contribution in [2.45, 2.75) is 13.3 Å². The van der Waals surface area contributed by atoms with Crippen LogP contribution in [0.25, 0.3) is 22.4 Å². The molecule has 3 aromatic rings. The van der Waals surface area contributed by atoms with Gasteiger partial charge in [-0.25, -0.2) is 9.97 Å². The van der Waals surface area contributed by atoms with Crippen molar-refractivity contribution < 1.29 is 0 Å². The molecule has 0 fully saturated rings. The Morgan fingerprint density at radius 3 is 2.00 bits per heavy atom. The van der Waals surface area contributed by atoms with Crippen molar-refractivity contribution in [1.82, 2.24) is 9.97 Å². The fourth-order valence-electron chi connectivity index (χ4n) is 2.23. The van der Waals surface area contributed by atoms with Crippen molar-refractivity contribution in [1.29, 1.82) is 0 Å². The number of rotatable bonds is 3. The first-order chi connectivity index (χ1) is 9.88. The van der Waals surface area contributed by atoms with E-state index in [0.29, 0.717) is 0 Å². The standard InChI is InChI=1S/C18H16N2/c1-2-17-19-13-16(14-9-5-3-6-10-14)18(20-17)15-11-7-4-8-12-15/h3-13H,2H2,1H3. The van der Waals surface area contributed by atoms with Crippen LogP contribution >= 0.6 is 0 Å². The fourth-order valence-corrected chi connectivity index (χ4v) is 2.23. The van der Waals surface area contributed by atoms with Gasteiger partial charge in [0.25, 0.3) is 0 Å². The van der Waals surface area contributed by atoms with Gasteiger partial charge in [-0.3, -0.25) is 0 Å². The van der Waals surface area contributed by atoms with Gasteiger partial charge in [0.05, 0.1) is 5.69 Å². The lowest BCUT2D eigenvalue weighted by Crippen LogP contribution is -1.97. The first-order valence-electron chi connectivity index (χ1n) is 6.85. The lowest BCUT2D eigenvalue weighted by molar-refractivity contribution is 0.945. The lowest BCUT2D eigenvalue weighted by Gasteiger charge is -2.10. The highest BCUT2D eigenvalue weighted by atomic mass is 14.9. The molecule has 0 amide bonds. The first kappa shape index (κ1) is 12.5. The summed E-state index contributed by atoms with van der Waals surface area (Å²) in [5, 5.41) is 0. The number of hydrogen-bond donors (Lipinski definition) is 0. The van der Waals surface area contributed by atoms with Crippen LogP contribution in [-0.4, -0.2) is 9.97 Å². The van der Waals surface area contributed by atoms with Crippen molar-refractivity contribution in [3.63, 3.8) is 0 Å². The summed E-state index contributed by atoms with van der Waals surface area (Å²) in [6.07, 6.45) is 2.78. The van der Waals surface area contributed by atoms with E-state index >= 15 is 0 Å². The second kappa shape index (κ2) is 5.66. The summed E-state index contributed by atoms with van der Waals surface area (Å²) in [5.41, 5.74) is 4.36. The zero-order valence-electron chi connectivity index (χ0n) is 11.5. The number of aromatic nitrogens is 2. The quantitative estimate of drug-likeness (QED) is 0.698. The van der Waals surface area contributed by atoms with E-state index in [9.17, 15) is 0 Å². The van der Waals surface area contributed by atoms with Gasteiger partial charge in [0.2, 0.25) is 0 Å². The molecule has 0 spiro atoms. The predicted molar refractivity (Wildman–Crippen MR) is 82.3 cm³/mol. The number of aryl methyl sites for hydroxylation is 1. The summed E-state index contributed by atoms with van der Waals surface area (Å²) in [6.45, 7) is 2.08. The smallest absolute Gasteiger partial charge is 0.128 e. The molecule has 98 valence electrons. The number of benzene rings is 2. The van der Waals surface area contributed by atoms with Gasteiger partial charge in [0.15, 0.2) is 0 Å². The van der Waals surface area contributed by atoms with Crippen LogP contribution in [-0.2, 0) is 6.42 Å². The average Bonchev–Trinajstić information content (AvgIpc) is 2.56. The molecule has 0 unspecified atom stereocenters. The highest BCUT2D eigenvalue weighted by molar-refractivity contribution is 5.79. The third kappa shape index (κ3) is 2.45. The molecule has 3 rings (SSSR count). The lowest BCUT2D eigenvalue weighted by atomic mass is 10.0. The van der Waals surface area contributed by atoms with Crippen LogP contribution in [0.5, 0.6) is 0 Å². The number of hydrogen-bond acceptors (Lipinski definition) is 2. The fraction of sp³-hybridized carbons (Fsp3) is 0.111. The van der Waals surface area contributed by atoms with E-state index in [1.807, 2.05) is 42.6 Å². The molecular weight excluding hydrogens is 244 g/mol. The Morgan fingerprint density at radius 1 is 0.800 bits per heavy atom. The molecule has 20 heavy (non-hydrogen) atoms. The van der Waals surface area contributed by atoms with Gasteiger partial charge in [-0.05, 0) is 5.56 Å². The molecule has 0 N–H and O–H groups in total. The summed E-state index contributed by atoms with van der Waals surface area (Å²) in [5.74, 6) is 0.878. The van der Waals surface area contributed by atoms with E-state index in [1.165, 1.54) is 0 Å². The highest BCUT2D eigenvalue weighted by Crippen LogP contribution is 2.29. The normalized spacial score (nSPS) is 10.4. The van der Waals surface area contributed by atoms with E-state index in [2.05, 4.69) is 36.2 Å². The van der Waals surface area contributed by atoms with Crippen LogP contribution in [0, 0.1) is 0 Å². The Kier molecular flexibility index (Phi) is 3.55. The van der Waals surface area contributed by atoms with Gasteiger partial charge in [0.1, 0.15) is 5.82 Å². The van der Waals surface area contributed by atoms with Crippen LogP contribution in [0.2, 0.25) is 0 Å². The second-order valence-electron chi connectivity index (χ2n) is 4.63. The zero-order valence-corrected chi connectivity index (χ0v) is 11.5. The molecule has 1 heterocycles. The molecule has 0 aliphatic carbocycles. The Morgan fingerprint density at radius 2 is 1.40 bits per heavy atom. The number of nitrogens with zero attached hydrogens (tertiary/aromatic N) is 2. The maximum Gasteiger partial charge on any atom is 0.128 e. The van der Waals surface area contributed by atoms with Crippen LogP contribution in [0.1, 0.15) is 12.7 Å². The van der Waals surface area contributed by atoms with Crippen LogP contribution in [0.4, 0.5) is 0 Å². The summed E-state index contributed by atoms with van der Waals surface area (Å²) in [6, 6.07) is 20.6. The van der Waals surface area contributed by atoms with Crippen molar-refractivity contribution in [3.8, 4) is 22.4 Å². The summed E-state index contributed by atoms with van der Waals surface area (Å²) in [4.78, 5) is 9.18. The van der Waals surface area contributed by atoms with Gasteiger partial charge < -0.3 is 0 Å². The van der Waals surface area contributed by atoms with Crippen LogP contribution in [0.3, 0.4) is 0 Å².